The van der Waals surface area contributed by atoms with E-state index in [2.05, 4.69) is 15.6 Å². The van der Waals surface area contributed by atoms with Crippen LogP contribution in [0.4, 0.5) is 0 Å². The molecule has 0 radical (unpaired) electrons. The summed E-state index contributed by atoms with van der Waals surface area (Å²) in [6.07, 6.45) is 3.40. The standard InChI is InChI=1S/C27H34N8O6S2/c1-3-41-24(37)12-31-23(36)10-20-15-33(43(39,40)34-13-18-5-4-17(25(28)29)9-19(18)14-34)6-7-35(20)27(38)26-32-21-8-16(2)30-11-22(21)42-26/h4-5,9,13-14,16,20,30H,3,6-8,10-12,15H2,1-2H3,(H3,28,29)(H,31,36). The summed E-state index contributed by atoms with van der Waals surface area (Å²) in [6.45, 7) is 4.06. The van der Waals surface area contributed by atoms with Gasteiger partial charge in [0.25, 0.3) is 5.91 Å². The van der Waals surface area contributed by atoms with Gasteiger partial charge in [0.15, 0.2) is 5.01 Å². The molecule has 14 nitrogen and oxygen atoms in total. The van der Waals surface area contributed by atoms with Crippen LogP contribution in [0.15, 0.2) is 30.6 Å². The Bertz CT molecular complexity index is 1680. The van der Waals surface area contributed by atoms with Gasteiger partial charge in [-0.3, -0.25) is 19.8 Å². The number of nitrogens with two attached hydrogens (primary N) is 1. The number of fused-ring (bicyclic) bond motifs is 2. The van der Waals surface area contributed by atoms with Crippen LogP contribution in [0.3, 0.4) is 0 Å². The first kappa shape index (κ1) is 30.6. The summed E-state index contributed by atoms with van der Waals surface area (Å²) in [5.74, 6) is -1.61. The summed E-state index contributed by atoms with van der Waals surface area (Å²) in [5.41, 5.74) is 6.93. The summed E-state index contributed by atoms with van der Waals surface area (Å²) in [5, 5.41) is 15.1. The second-order valence-corrected chi connectivity index (χ2v) is 13.4. The topological polar surface area (TPSA) is 193 Å². The van der Waals surface area contributed by atoms with E-state index in [1.165, 1.54) is 32.9 Å². The SMILES string of the molecule is CCOC(=O)CNC(=O)CC1CN(S(=O)(=O)n2cc3ccc(C(=N)N)cc3c2)CCN1C(=O)c1nc2c(s1)CNC(C)C2. The number of amides is 2. The first-order valence-corrected chi connectivity index (χ1v) is 16.1. The Morgan fingerprint density at radius 3 is 2.74 bits per heavy atom. The lowest BCUT2D eigenvalue weighted by atomic mass is 10.1. The number of ether oxygens (including phenoxy) is 1. The molecule has 5 N–H and O–H groups in total. The molecule has 4 heterocycles. The predicted molar refractivity (Wildman–Crippen MR) is 160 cm³/mol. The molecule has 3 aromatic rings. The Morgan fingerprint density at radius 2 is 2.00 bits per heavy atom. The monoisotopic (exact) mass is 630 g/mol. The quantitative estimate of drug-likeness (QED) is 0.147. The van der Waals surface area contributed by atoms with E-state index in [0.29, 0.717) is 34.3 Å². The fourth-order valence-electron chi connectivity index (χ4n) is 5.22. The minimum absolute atomic E-state index is 0.00587. The van der Waals surface area contributed by atoms with Gasteiger partial charge in [0, 0.05) is 78.7 Å². The number of hydrogen-bond donors (Lipinski definition) is 4. The van der Waals surface area contributed by atoms with Crippen molar-refractivity contribution in [3.05, 3.63) is 51.7 Å². The molecule has 230 valence electrons. The zero-order valence-corrected chi connectivity index (χ0v) is 25.5. The highest BCUT2D eigenvalue weighted by atomic mass is 32.2. The number of nitrogens with one attached hydrogen (secondary N) is 3. The molecule has 5 rings (SSSR count). The average molecular weight is 631 g/mol. The fourth-order valence-corrected chi connectivity index (χ4v) is 7.65. The van der Waals surface area contributed by atoms with Crippen molar-refractivity contribution in [2.75, 3.05) is 32.8 Å². The van der Waals surface area contributed by atoms with Gasteiger partial charge in [0.05, 0.1) is 18.3 Å². The molecular weight excluding hydrogens is 596 g/mol. The van der Waals surface area contributed by atoms with Crippen molar-refractivity contribution in [3.63, 3.8) is 0 Å². The second-order valence-electron chi connectivity index (χ2n) is 10.5. The highest BCUT2D eigenvalue weighted by Crippen LogP contribution is 2.27. The number of benzene rings is 1. The van der Waals surface area contributed by atoms with Crippen molar-refractivity contribution >= 4 is 55.9 Å². The minimum Gasteiger partial charge on any atom is -0.465 e. The molecule has 0 bridgehead atoms. The first-order chi connectivity index (χ1) is 20.5. The largest absolute Gasteiger partial charge is 0.465 e. The van der Waals surface area contributed by atoms with Gasteiger partial charge in [-0.15, -0.1) is 11.3 Å². The van der Waals surface area contributed by atoms with Crippen LogP contribution >= 0.6 is 11.3 Å². The van der Waals surface area contributed by atoms with Crippen LogP contribution in [0, 0.1) is 5.41 Å². The molecule has 2 amide bonds. The molecular formula is C27H34N8O6S2. The van der Waals surface area contributed by atoms with E-state index in [1.54, 1.807) is 25.1 Å². The highest BCUT2D eigenvalue weighted by molar-refractivity contribution is 7.87. The van der Waals surface area contributed by atoms with Crippen molar-refractivity contribution < 1.29 is 27.5 Å². The van der Waals surface area contributed by atoms with Crippen LogP contribution in [0.1, 0.15) is 46.2 Å². The maximum absolute atomic E-state index is 13.7. The Hall–Kier alpha value is -3.86. The molecule has 1 saturated heterocycles. The third-order valence-corrected chi connectivity index (χ3v) is 10.3. The van der Waals surface area contributed by atoms with Crippen LogP contribution in [0.25, 0.3) is 10.8 Å². The van der Waals surface area contributed by atoms with Crippen LogP contribution < -0.4 is 16.4 Å². The van der Waals surface area contributed by atoms with Crippen molar-refractivity contribution in [1.29, 1.82) is 5.41 Å². The molecule has 16 heteroatoms. The maximum atomic E-state index is 13.7. The fraction of sp³-hybridized carbons (Fsp3) is 0.444. The zero-order chi connectivity index (χ0) is 30.9. The van der Waals surface area contributed by atoms with Gasteiger partial charge in [0.2, 0.25) is 5.91 Å². The molecule has 2 atom stereocenters. The Morgan fingerprint density at radius 1 is 1.23 bits per heavy atom. The predicted octanol–water partition coefficient (Wildman–Crippen LogP) is 0.405. The van der Waals surface area contributed by atoms with Crippen LogP contribution in [-0.2, 0) is 37.5 Å². The number of hydrogen-bond acceptors (Lipinski definition) is 10. The number of aromatic nitrogens is 2. The number of nitrogens with zero attached hydrogens (tertiary/aromatic N) is 4. The summed E-state index contributed by atoms with van der Waals surface area (Å²) in [4.78, 5) is 45.4. The Balaban J connectivity index is 1.38. The third kappa shape index (κ3) is 6.56. The van der Waals surface area contributed by atoms with Gasteiger partial charge < -0.3 is 26.0 Å². The molecule has 2 aliphatic heterocycles. The summed E-state index contributed by atoms with van der Waals surface area (Å²) < 4.78 is 34.7. The summed E-state index contributed by atoms with van der Waals surface area (Å²) in [7, 11) is -4.08. The molecule has 1 aromatic carbocycles. The zero-order valence-electron chi connectivity index (χ0n) is 23.8. The van der Waals surface area contributed by atoms with Crippen molar-refractivity contribution in [1.82, 2.24) is 28.8 Å². The maximum Gasteiger partial charge on any atom is 0.325 e. The normalized spacial score (nSPS) is 19.2. The van der Waals surface area contributed by atoms with Gasteiger partial charge >= 0.3 is 16.2 Å². The molecule has 0 saturated carbocycles. The number of nitrogen functional groups attached to an aromatic ring is 1. The molecule has 2 aromatic heterocycles. The van der Waals surface area contributed by atoms with Gasteiger partial charge in [-0.2, -0.15) is 12.7 Å². The molecule has 2 unspecified atom stereocenters. The number of esters is 1. The third-order valence-electron chi connectivity index (χ3n) is 7.46. The van der Waals surface area contributed by atoms with Crippen LogP contribution in [0.5, 0.6) is 0 Å². The van der Waals surface area contributed by atoms with Crippen molar-refractivity contribution in [2.45, 2.75) is 45.3 Å². The Kier molecular flexibility index (Phi) is 8.82. The van der Waals surface area contributed by atoms with Crippen molar-refractivity contribution in [3.8, 4) is 0 Å². The summed E-state index contributed by atoms with van der Waals surface area (Å²) >= 11 is 1.30. The van der Waals surface area contributed by atoms with Gasteiger partial charge in [-0.1, -0.05) is 12.1 Å². The van der Waals surface area contributed by atoms with E-state index in [0.717, 1.165) is 14.5 Å². The molecule has 0 aliphatic carbocycles. The van der Waals surface area contributed by atoms with Crippen molar-refractivity contribution in [2.24, 2.45) is 5.73 Å². The first-order valence-electron chi connectivity index (χ1n) is 13.9. The molecule has 43 heavy (non-hydrogen) atoms. The highest BCUT2D eigenvalue weighted by Gasteiger charge is 2.39. The van der Waals surface area contributed by atoms with Gasteiger partial charge in [0.1, 0.15) is 12.4 Å². The summed E-state index contributed by atoms with van der Waals surface area (Å²) in [6, 6.07) is 4.40. The van der Waals surface area contributed by atoms with E-state index in [1.807, 2.05) is 6.92 Å². The lowest BCUT2D eigenvalue weighted by molar-refractivity contribution is -0.143. The minimum atomic E-state index is -4.08. The average Bonchev–Trinajstić information content (AvgIpc) is 3.60. The lowest BCUT2D eigenvalue weighted by Gasteiger charge is -2.40. The number of amidine groups is 1. The molecule has 0 spiro atoms. The smallest absolute Gasteiger partial charge is 0.325 e. The van der Waals surface area contributed by atoms with Crippen LogP contribution in [-0.4, -0.2) is 95.1 Å². The van der Waals surface area contributed by atoms with E-state index in [-0.39, 0.29) is 57.0 Å². The number of thiazole rings is 1. The van der Waals surface area contributed by atoms with Gasteiger partial charge in [-0.05, 0) is 19.9 Å². The number of carbonyl (C=O) groups excluding carboxylic acids is 3. The number of piperazine rings is 1. The lowest BCUT2D eigenvalue weighted by Crippen LogP contribution is -2.58. The Labute approximate surface area is 252 Å². The second kappa shape index (κ2) is 12.4. The molecule has 1 fully saturated rings. The van der Waals surface area contributed by atoms with Crippen LogP contribution in [0.2, 0.25) is 0 Å². The van der Waals surface area contributed by atoms with E-state index >= 15 is 0 Å². The number of rotatable bonds is 9. The van der Waals surface area contributed by atoms with E-state index < -0.39 is 28.1 Å². The number of carbonyl (C=O) groups is 3. The van der Waals surface area contributed by atoms with E-state index in [9.17, 15) is 22.8 Å². The van der Waals surface area contributed by atoms with Gasteiger partial charge in [-0.25, -0.2) is 8.96 Å². The molecule has 2 aliphatic rings. The van der Waals surface area contributed by atoms with E-state index in [4.69, 9.17) is 15.9 Å².